The van der Waals surface area contributed by atoms with Crippen LogP contribution in [0, 0.1) is 6.92 Å². The fraction of sp³-hybridized carbons (Fsp3) is 0.318. The molecule has 0 fully saturated rings. The maximum absolute atomic E-state index is 13.8. The summed E-state index contributed by atoms with van der Waals surface area (Å²) in [5.74, 6) is -1.16. The number of carbonyl (C=O) groups is 2. The fourth-order valence-electron chi connectivity index (χ4n) is 3.63. The minimum atomic E-state index is -5.08. The van der Waals surface area contributed by atoms with Crippen molar-refractivity contribution in [1.29, 1.82) is 0 Å². The highest BCUT2D eigenvalue weighted by atomic mass is 19.4. The van der Waals surface area contributed by atoms with E-state index in [1.165, 1.54) is 10.6 Å². The maximum atomic E-state index is 13.8. The first kappa shape index (κ1) is 25.8. The molecule has 0 aliphatic rings. The Morgan fingerprint density at radius 1 is 1.11 bits per heavy atom. The number of hydrogen-bond acceptors (Lipinski definition) is 3. The molecule has 0 saturated carbocycles. The van der Waals surface area contributed by atoms with Gasteiger partial charge in [-0.15, -0.1) is 0 Å². The molecular weight excluding hydrogens is 482 g/mol. The van der Waals surface area contributed by atoms with Crippen molar-refractivity contribution < 1.29 is 41.0 Å². The second-order valence-corrected chi connectivity index (χ2v) is 7.65. The number of carboxylic acid groups (broad SMARTS) is 1. The minimum absolute atomic E-state index is 0.0748. The van der Waals surface area contributed by atoms with Crippen LogP contribution in [0.3, 0.4) is 0 Å². The van der Waals surface area contributed by atoms with Gasteiger partial charge in [0.2, 0.25) is 0 Å². The summed E-state index contributed by atoms with van der Waals surface area (Å²) in [6.07, 6.45) is -11.2. The molecule has 0 saturated heterocycles. The van der Waals surface area contributed by atoms with Gasteiger partial charge in [0.05, 0.1) is 5.56 Å². The molecule has 0 bridgehead atoms. The molecule has 2 heterocycles. The smallest absolute Gasteiger partial charge is 0.416 e. The van der Waals surface area contributed by atoms with Crippen molar-refractivity contribution in [3.63, 3.8) is 0 Å². The van der Waals surface area contributed by atoms with Gasteiger partial charge in [0.15, 0.2) is 6.04 Å². The fourth-order valence-corrected chi connectivity index (χ4v) is 3.63. The molecule has 35 heavy (non-hydrogen) atoms. The quantitative estimate of drug-likeness (QED) is 0.405. The van der Waals surface area contributed by atoms with Crippen LogP contribution in [-0.2, 0) is 19.3 Å². The van der Waals surface area contributed by atoms with Crippen molar-refractivity contribution in [3.05, 3.63) is 64.5 Å². The van der Waals surface area contributed by atoms with Gasteiger partial charge in [-0.2, -0.15) is 26.3 Å². The highest BCUT2D eigenvalue weighted by Gasteiger charge is 2.43. The number of hydrogen-bond donors (Lipinski definition) is 3. The summed E-state index contributed by atoms with van der Waals surface area (Å²) in [6, 6.07) is 2.85. The summed E-state index contributed by atoms with van der Waals surface area (Å²) < 4.78 is 81.8. The van der Waals surface area contributed by atoms with Crippen LogP contribution in [0.25, 0.3) is 11.0 Å². The van der Waals surface area contributed by atoms with Crippen LogP contribution in [0.5, 0.6) is 0 Å². The van der Waals surface area contributed by atoms with Crippen LogP contribution in [0.15, 0.2) is 36.4 Å². The van der Waals surface area contributed by atoms with Crippen molar-refractivity contribution in [3.8, 4) is 0 Å². The Morgan fingerprint density at radius 2 is 1.80 bits per heavy atom. The summed E-state index contributed by atoms with van der Waals surface area (Å²) in [6.45, 7) is 3.33. The van der Waals surface area contributed by atoms with Crippen molar-refractivity contribution in [1.82, 2.24) is 20.2 Å². The molecule has 188 valence electrons. The van der Waals surface area contributed by atoms with E-state index < -0.39 is 41.5 Å². The molecule has 1 atom stereocenters. The zero-order valence-corrected chi connectivity index (χ0v) is 18.4. The lowest BCUT2D eigenvalue weighted by molar-refractivity contribution is -0.156. The van der Waals surface area contributed by atoms with Crippen LogP contribution >= 0.6 is 0 Å². The van der Waals surface area contributed by atoms with Gasteiger partial charge < -0.3 is 20.3 Å². The molecule has 1 aromatic carbocycles. The molecule has 0 spiro atoms. The van der Waals surface area contributed by atoms with Gasteiger partial charge in [-0.3, -0.25) is 4.79 Å². The standard InChI is InChI=1S/C22H20F6N4O3/c1-3-32-16(9-13-7-14(10-29-20(34)35)11(2)30-18(13)32)19(33)31-17(22(26,27)28)12-5-4-6-15(8-12)21(23,24)25/h4-9,17,29H,3,10H2,1-2H3,(H,31,33)(H,34,35). The molecule has 0 aliphatic heterocycles. The average Bonchev–Trinajstić information content (AvgIpc) is 3.11. The molecule has 7 nitrogen and oxygen atoms in total. The van der Waals surface area contributed by atoms with E-state index in [0.29, 0.717) is 28.8 Å². The third kappa shape index (κ3) is 5.66. The van der Waals surface area contributed by atoms with Gasteiger partial charge in [-0.05, 0) is 49.2 Å². The average molecular weight is 502 g/mol. The molecule has 3 aromatic rings. The number of halogens is 6. The Hall–Kier alpha value is -3.77. The predicted octanol–water partition coefficient (Wildman–Crippen LogP) is 5.18. The van der Waals surface area contributed by atoms with E-state index in [9.17, 15) is 35.9 Å². The number of alkyl halides is 6. The van der Waals surface area contributed by atoms with Gasteiger partial charge in [0, 0.05) is 24.2 Å². The molecule has 2 amide bonds. The summed E-state index contributed by atoms with van der Waals surface area (Å²) in [5, 5.41) is 13.2. The van der Waals surface area contributed by atoms with Crippen LogP contribution in [0.2, 0.25) is 0 Å². The first-order valence-corrected chi connectivity index (χ1v) is 10.2. The molecule has 2 aromatic heterocycles. The van der Waals surface area contributed by atoms with E-state index in [4.69, 9.17) is 5.11 Å². The zero-order chi connectivity index (χ0) is 26.1. The van der Waals surface area contributed by atoms with Crippen molar-refractivity contribution in [2.75, 3.05) is 0 Å². The van der Waals surface area contributed by atoms with Crippen molar-refractivity contribution in [2.24, 2.45) is 0 Å². The number of nitrogens with one attached hydrogen (secondary N) is 2. The van der Waals surface area contributed by atoms with Crippen LogP contribution in [0.4, 0.5) is 31.1 Å². The Labute approximate surface area is 194 Å². The number of aromatic nitrogens is 2. The Morgan fingerprint density at radius 3 is 2.37 bits per heavy atom. The number of benzene rings is 1. The molecule has 3 N–H and O–H groups in total. The zero-order valence-electron chi connectivity index (χ0n) is 18.4. The van der Waals surface area contributed by atoms with E-state index >= 15 is 0 Å². The number of carbonyl (C=O) groups excluding carboxylic acids is 1. The number of fused-ring (bicyclic) bond motifs is 1. The normalized spacial score (nSPS) is 13.0. The summed E-state index contributed by atoms with van der Waals surface area (Å²) in [4.78, 5) is 28.0. The van der Waals surface area contributed by atoms with Gasteiger partial charge in [-0.1, -0.05) is 12.1 Å². The van der Waals surface area contributed by atoms with E-state index in [1.54, 1.807) is 25.2 Å². The summed E-state index contributed by atoms with van der Waals surface area (Å²) >= 11 is 0. The SMILES string of the molecule is CCn1c(C(=O)NC(c2cccc(C(F)(F)F)c2)C(F)(F)F)cc2cc(CNC(=O)O)c(C)nc21. The van der Waals surface area contributed by atoms with Crippen LogP contribution in [0.1, 0.15) is 45.8 Å². The molecule has 3 rings (SSSR count). The van der Waals surface area contributed by atoms with Crippen molar-refractivity contribution >= 4 is 23.0 Å². The number of rotatable bonds is 6. The number of nitrogens with zero attached hydrogens (tertiary/aromatic N) is 2. The van der Waals surface area contributed by atoms with E-state index in [-0.39, 0.29) is 24.4 Å². The van der Waals surface area contributed by atoms with E-state index in [0.717, 1.165) is 12.1 Å². The van der Waals surface area contributed by atoms with E-state index in [1.807, 2.05) is 0 Å². The predicted molar refractivity (Wildman–Crippen MR) is 113 cm³/mol. The van der Waals surface area contributed by atoms with Gasteiger partial charge in [0.1, 0.15) is 11.3 Å². The molecule has 0 aliphatic carbocycles. The Kier molecular flexibility index (Phi) is 6.99. The number of pyridine rings is 1. The van der Waals surface area contributed by atoms with Crippen LogP contribution in [-0.4, -0.2) is 32.8 Å². The monoisotopic (exact) mass is 502 g/mol. The lowest BCUT2D eigenvalue weighted by atomic mass is 10.0. The van der Waals surface area contributed by atoms with Gasteiger partial charge >= 0.3 is 18.4 Å². The first-order chi connectivity index (χ1) is 16.2. The maximum Gasteiger partial charge on any atom is 0.416 e. The largest absolute Gasteiger partial charge is 0.465 e. The van der Waals surface area contributed by atoms with E-state index in [2.05, 4.69) is 10.3 Å². The molecule has 0 radical (unpaired) electrons. The Balaban J connectivity index is 2.01. The van der Waals surface area contributed by atoms with Gasteiger partial charge in [-0.25, -0.2) is 9.78 Å². The van der Waals surface area contributed by atoms with Gasteiger partial charge in [0.25, 0.3) is 5.91 Å². The highest BCUT2D eigenvalue weighted by Crippen LogP contribution is 2.36. The molecular formula is C22H20F6N4O3. The number of amides is 2. The molecule has 1 unspecified atom stereocenters. The first-order valence-electron chi connectivity index (χ1n) is 10.2. The summed E-state index contributed by atoms with van der Waals surface area (Å²) in [7, 11) is 0. The lowest BCUT2D eigenvalue weighted by Crippen LogP contribution is -2.39. The summed E-state index contributed by atoms with van der Waals surface area (Å²) in [5.41, 5.74) is -0.990. The third-order valence-corrected chi connectivity index (χ3v) is 5.29. The highest BCUT2D eigenvalue weighted by molar-refractivity contribution is 5.98. The van der Waals surface area contributed by atoms with Crippen molar-refractivity contribution in [2.45, 2.75) is 45.3 Å². The number of aryl methyl sites for hydroxylation is 2. The second-order valence-electron chi connectivity index (χ2n) is 7.65. The topological polar surface area (TPSA) is 96.2 Å². The Bertz CT molecular complexity index is 1270. The minimum Gasteiger partial charge on any atom is -0.465 e. The lowest BCUT2D eigenvalue weighted by Gasteiger charge is -2.23. The molecule has 13 heteroatoms. The second kappa shape index (κ2) is 9.47. The van der Waals surface area contributed by atoms with Crippen LogP contribution < -0.4 is 10.6 Å². The third-order valence-electron chi connectivity index (χ3n) is 5.29.